The van der Waals surface area contributed by atoms with Crippen molar-refractivity contribution < 1.29 is 38.1 Å². The lowest BCUT2D eigenvalue weighted by Crippen LogP contribution is -2.57. The summed E-state index contributed by atoms with van der Waals surface area (Å²) in [6.07, 6.45) is 0.916. The van der Waals surface area contributed by atoms with Gasteiger partial charge in [-0.3, -0.25) is 14.4 Å². The number of amides is 3. The zero-order valence-electron chi connectivity index (χ0n) is 25.5. The number of piperidine rings is 1. The number of hydrogen-bond donors (Lipinski definition) is 2. The van der Waals surface area contributed by atoms with Gasteiger partial charge in [0.1, 0.15) is 30.5 Å². The maximum atomic E-state index is 13.5. The predicted octanol–water partition coefficient (Wildman–Crippen LogP) is 4.28. The van der Waals surface area contributed by atoms with Crippen molar-refractivity contribution in [2.75, 3.05) is 40.0 Å². The van der Waals surface area contributed by atoms with Gasteiger partial charge in [0.25, 0.3) is 5.91 Å². The van der Waals surface area contributed by atoms with Crippen LogP contribution in [0.25, 0.3) is 0 Å². The molecule has 0 radical (unpaired) electrons. The molecule has 242 valence electrons. The number of nitrogens with zero attached hydrogens (tertiary/aromatic N) is 1. The first kappa shape index (κ1) is 31.5. The Morgan fingerprint density at radius 3 is 2.70 bits per heavy atom. The number of carbonyl (C=O) groups excluding carboxylic acids is 3. The molecule has 3 heterocycles. The van der Waals surface area contributed by atoms with Gasteiger partial charge in [0, 0.05) is 48.8 Å². The van der Waals surface area contributed by atoms with E-state index >= 15 is 0 Å². The van der Waals surface area contributed by atoms with Crippen molar-refractivity contribution in [1.82, 2.24) is 15.5 Å². The number of fused-ring (bicyclic) bond motifs is 6. The van der Waals surface area contributed by atoms with E-state index in [1.807, 2.05) is 24.3 Å². The van der Waals surface area contributed by atoms with Crippen LogP contribution < -0.4 is 29.6 Å². The molecule has 11 nitrogen and oxygen atoms in total. The van der Waals surface area contributed by atoms with E-state index in [4.69, 9.17) is 35.3 Å². The smallest absolute Gasteiger partial charge is 0.251 e. The zero-order valence-corrected chi connectivity index (χ0v) is 26.3. The fourth-order valence-electron chi connectivity index (χ4n) is 5.76. The Morgan fingerprint density at radius 1 is 1.04 bits per heavy atom. The van der Waals surface area contributed by atoms with E-state index in [9.17, 15) is 14.4 Å². The molecule has 3 aromatic rings. The maximum absolute atomic E-state index is 13.5. The highest BCUT2D eigenvalue weighted by molar-refractivity contribution is 6.31. The Morgan fingerprint density at radius 2 is 1.87 bits per heavy atom. The summed E-state index contributed by atoms with van der Waals surface area (Å²) in [5, 5.41) is 6.39. The first-order valence-electron chi connectivity index (χ1n) is 15.4. The molecular formula is C34H36ClN3O8. The Hall–Kier alpha value is -4.48. The molecule has 3 aliphatic rings. The van der Waals surface area contributed by atoms with Crippen molar-refractivity contribution >= 4 is 29.3 Å². The number of halogens is 1. The first-order chi connectivity index (χ1) is 22.3. The van der Waals surface area contributed by atoms with Gasteiger partial charge in [-0.2, -0.15) is 0 Å². The molecule has 0 unspecified atom stereocenters. The number of methoxy groups -OCH3 is 1. The molecule has 0 spiro atoms. The quantitative estimate of drug-likeness (QED) is 0.431. The van der Waals surface area contributed by atoms with E-state index in [0.29, 0.717) is 84.0 Å². The minimum Gasteiger partial charge on any atom is -0.497 e. The molecule has 1 fully saturated rings. The van der Waals surface area contributed by atoms with Crippen LogP contribution in [0, 0.1) is 0 Å². The summed E-state index contributed by atoms with van der Waals surface area (Å²) in [5.74, 6) is 2.06. The van der Waals surface area contributed by atoms with E-state index < -0.39 is 6.04 Å². The van der Waals surface area contributed by atoms with Crippen LogP contribution in [0.15, 0.2) is 54.6 Å². The third kappa shape index (κ3) is 7.66. The largest absolute Gasteiger partial charge is 0.497 e. The van der Waals surface area contributed by atoms with Crippen molar-refractivity contribution in [2.24, 2.45) is 0 Å². The number of hydrogen-bond acceptors (Lipinski definition) is 8. The van der Waals surface area contributed by atoms with Crippen molar-refractivity contribution in [2.45, 2.75) is 44.4 Å². The SMILES string of the molecule is COc1cc2cc(c1)C(=O)NCCCC(=O)N[C@H]1CN(C(=O)Cc3cc4c(cc3Cl)OCCO4)CC[C@@H]1OCc1cccc(c1)O2. The van der Waals surface area contributed by atoms with Crippen LogP contribution >= 0.6 is 11.6 Å². The number of carbonyl (C=O) groups is 3. The second kappa shape index (κ2) is 14.3. The van der Waals surface area contributed by atoms with E-state index in [0.717, 1.165) is 5.56 Å². The second-order valence-corrected chi connectivity index (χ2v) is 11.8. The lowest BCUT2D eigenvalue weighted by molar-refractivity contribution is -0.136. The third-order valence-electron chi connectivity index (χ3n) is 8.14. The first-order valence-corrected chi connectivity index (χ1v) is 15.7. The molecule has 3 aliphatic heterocycles. The standard InChI is InChI=1S/C34H36ClN3O8/c1-42-25-13-23-14-26(17-25)46-24-5-2-4-21(12-24)20-45-29-7-9-38(19-28(29)37-32(39)6-3-8-36-34(23)41)33(40)16-22-15-30-31(18-27(22)35)44-11-10-43-30/h2,4-5,12-15,17-18,28-29H,3,6-11,16,19-20H2,1H3,(H,36,41)(H,37,39)/t28-,29-/m0/s1. The summed E-state index contributed by atoms with van der Waals surface area (Å²) in [4.78, 5) is 41.2. The average molecular weight is 650 g/mol. The summed E-state index contributed by atoms with van der Waals surface area (Å²) < 4.78 is 29.1. The molecule has 46 heavy (non-hydrogen) atoms. The minimum absolute atomic E-state index is 0.0854. The number of ether oxygens (including phenoxy) is 5. The molecule has 2 N–H and O–H groups in total. The lowest BCUT2D eigenvalue weighted by Gasteiger charge is -2.39. The zero-order chi connectivity index (χ0) is 32.0. The molecule has 0 aliphatic carbocycles. The fraction of sp³-hybridized carbons (Fsp3) is 0.382. The van der Waals surface area contributed by atoms with Gasteiger partial charge in [0.15, 0.2) is 11.5 Å². The third-order valence-corrected chi connectivity index (χ3v) is 8.50. The molecule has 3 aromatic carbocycles. The van der Waals surface area contributed by atoms with Crippen LogP contribution in [0.5, 0.6) is 28.7 Å². The molecule has 12 heteroatoms. The highest BCUT2D eigenvalue weighted by atomic mass is 35.5. The van der Waals surface area contributed by atoms with E-state index in [1.165, 1.54) is 7.11 Å². The molecular weight excluding hydrogens is 614 g/mol. The highest BCUT2D eigenvalue weighted by Crippen LogP contribution is 2.36. The summed E-state index contributed by atoms with van der Waals surface area (Å²) in [6, 6.07) is 15.5. The van der Waals surface area contributed by atoms with Gasteiger partial charge in [-0.1, -0.05) is 23.7 Å². The Bertz CT molecular complexity index is 1620. The second-order valence-electron chi connectivity index (χ2n) is 11.4. The van der Waals surface area contributed by atoms with Crippen LogP contribution in [0.1, 0.15) is 40.7 Å². The minimum atomic E-state index is -0.430. The molecule has 1 saturated heterocycles. The Balaban J connectivity index is 1.17. The summed E-state index contributed by atoms with van der Waals surface area (Å²) in [5.41, 5.74) is 1.90. The van der Waals surface area contributed by atoms with Gasteiger partial charge in [0.2, 0.25) is 11.8 Å². The van der Waals surface area contributed by atoms with Crippen LogP contribution in [0.3, 0.4) is 0 Å². The van der Waals surface area contributed by atoms with Crippen molar-refractivity contribution in [3.05, 3.63) is 76.3 Å². The van der Waals surface area contributed by atoms with Gasteiger partial charge in [-0.05, 0) is 54.3 Å². The van der Waals surface area contributed by atoms with Crippen molar-refractivity contribution in [1.29, 1.82) is 0 Å². The molecule has 2 atom stereocenters. The Kier molecular flexibility index (Phi) is 9.79. The lowest BCUT2D eigenvalue weighted by atomic mass is 10.00. The number of rotatable bonds is 3. The van der Waals surface area contributed by atoms with Gasteiger partial charge in [-0.25, -0.2) is 0 Å². The van der Waals surface area contributed by atoms with Gasteiger partial charge >= 0.3 is 0 Å². The monoisotopic (exact) mass is 649 g/mol. The molecule has 3 amide bonds. The van der Waals surface area contributed by atoms with Gasteiger partial charge < -0.3 is 39.2 Å². The van der Waals surface area contributed by atoms with Crippen LogP contribution in [0.4, 0.5) is 0 Å². The van der Waals surface area contributed by atoms with Crippen molar-refractivity contribution in [3.8, 4) is 28.7 Å². The van der Waals surface area contributed by atoms with E-state index in [-0.39, 0.29) is 49.8 Å². The van der Waals surface area contributed by atoms with Crippen molar-refractivity contribution in [3.63, 3.8) is 0 Å². The van der Waals surface area contributed by atoms with Crippen LogP contribution in [-0.2, 0) is 27.4 Å². The summed E-state index contributed by atoms with van der Waals surface area (Å²) in [6.45, 7) is 2.21. The fourth-order valence-corrected chi connectivity index (χ4v) is 5.98. The topological polar surface area (TPSA) is 125 Å². The predicted molar refractivity (Wildman–Crippen MR) is 169 cm³/mol. The summed E-state index contributed by atoms with van der Waals surface area (Å²) >= 11 is 6.49. The highest BCUT2D eigenvalue weighted by Gasteiger charge is 2.33. The van der Waals surface area contributed by atoms with Gasteiger partial charge in [0.05, 0.1) is 32.3 Å². The molecule has 4 bridgehead atoms. The number of benzene rings is 3. The Labute approximate surface area is 272 Å². The number of nitrogens with one attached hydrogen (secondary N) is 2. The normalized spacial score (nSPS) is 20.2. The number of likely N-dealkylation sites (tertiary alicyclic amines) is 1. The molecule has 6 rings (SSSR count). The van der Waals surface area contributed by atoms with E-state index in [1.54, 1.807) is 35.2 Å². The van der Waals surface area contributed by atoms with Gasteiger partial charge in [-0.15, -0.1) is 0 Å². The van der Waals surface area contributed by atoms with E-state index in [2.05, 4.69) is 10.6 Å². The van der Waals surface area contributed by atoms with Crippen LogP contribution in [-0.4, -0.2) is 74.7 Å². The maximum Gasteiger partial charge on any atom is 0.251 e. The summed E-state index contributed by atoms with van der Waals surface area (Å²) in [7, 11) is 1.53. The molecule has 0 saturated carbocycles. The molecule has 0 aromatic heterocycles. The van der Waals surface area contributed by atoms with Crippen LogP contribution in [0.2, 0.25) is 5.02 Å². The average Bonchev–Trinajstić information content (AvgIpc) is 3.06.